The summed E-state index contributed by atoms with van der Waals surface area (Å²) >= 11 is 0. The molecule has 1 aliphatic heterocycles. The fraction of sp³-hybridized carbons (Fsp3) is 0.900. The maximum Gasteiger partial charge on any atom is 0.321 e. The fourth-order valence-electron chi connectivity index (χ4n) is 2.17. The molecule has 1 rings (SSSR count). The number of carboxylic acids is 1. The summed E-state index contributed by atoms with van der Waals surface area (Å²) in [7, 11) is -5.69. The van der Waals surface area contributed by atoms with E-state index in [4.69, 9.17) is 5.11 Å². The average molecular weight is 313 g/mol. The molecule has 1 aliphatic rings. The van der Waals surface area contributed by atoms with E-state index in [1.165, 1.54) is 7.05 Å². The molecule has 0 bridgehead atoms. The van der Waals surface area contributed by atoms with Gasteiger partial charge in [0.2, 0.25) is 10.0 Å². The van der Waals surface area contributed by atoms with Gasteiger partial charge in [0.25, 0.3) is 0 Å². The molecular formula is C10H19NO6S2. The Kier molecular flexibility index (Phi) is 4.97. The van der Waals surface area contributed by atoms with Gasteiger partial charge < -0.3 is 5.11 Å². The number of carboxylic acid groups (broad SMARTS) is 1. The number of sulfonamides is 1. The Morgan fingerprint density at radius 1 is 1.37 bits per heavy atom. The van der Waals surface area contributed by atoms with Gasteiger partial charge in [-0.1, -0.05) is 6.92 Å². The minimum absolute atomic E-state index is 0.0328. The number of aliphatic carboxylic acids is 1. The molecule has 1 fully saturated rings. The topological polar surface area (TPSA) is 109 Å². The van der Waals surface area contributed by atoms with Crippen LogP contribution >= 0.6 is 0 Å². The summed E-state index contributed by atoms with van der Waals surface area (Å²) in [5.74, 6) is -1.51. The van der Waals surface area contributed by atoms with Crippen molar-refractivity contribution in [3.8, 4) is 0 Å². The highest BCUT2D eigenvalue weighted by Gasteiger charge is 2.39. The molecule has 112 valence electrons. The zero-order valence-corrected chi connectivity index (χ0v) is 12.6. The van der Waals surface area contributed by atoms with E-state index < -0.39 is 37.1 Å². The van der Waals surface area contributed by atoms with Crippen molar-refractivity contribution < 1.29 is 26.7 Å². The second-order valence-electron chi connectivity index (χ2n) is 4.67. The Bertz CT molecular complexity index is 524. The summed E-state index contributed by atoms with van der Waals surface area (Å²) in [5, 5.41) is 8.18. The van der Waals surface area contributed by atoms with Gasteiger partial charge in [-0.25, -0.2) is 16.8 Å². The van der Waals surface area contributed by atoms with Gasteiger partial charge >= 0.3 is 5.97 Å². The first kappa shape index (κ1) is 16.4. The molecule has 9 heteroatoms. The maximum atomic E-state index is 12.3. The molecule has 1 unspecified atom stereocenters. The number of nitrogens with zero attached hydrogens (tertiary/aromatic N) is 1. The van der Waals surface area contributed by atoms with Crippen molar-refractivity contribution in [3.05, 3.63) is 0 Å². The minimum atomic E-state index is -3.78. The summed E-state index contributed by atoms with van der Waals surface area (Å²) in [4.78, 5) is 11.0. The zero-order chi connectivity index (χ0) is 14.8. The molecule has 0 radical (unpaired) electrons. The second-order valence-corrected chi connectivity index (χ2v) is 9.25. The van der Waals surface area contributed by atoms with E-state index in [2.05, 4.69) is 0 Å². The predicted molar refractivity (Wildman–Crippen MR) is 70.1 cm³/mol. The lowest BCUT2D eigenvalue weighted by Crippen LogP contribution is -2.47. The van der Waals surface area contributed by atoms with Crippen LogP contribution in [0, 0.1) is 0 Å². The highest BCUT2D eigenvalue weighted by Crippen LogP contribution is 2.23. The molecule has 1 saturated heterocycles. The number of rotatable bonds is 5. The lowest BCUT2D eigenvalue weighted by molar-refractivity contribution is -0.141. The van der Waals surface area contributed by atoms with Crippen molar-refractivity contribution >= 4 is 25.8 Å². The van der Waals surface area contributed by atoms with Crippen LogP contribution in [0.2, 0.25) is 0 Å². The lowest BCUT2D eigenvalue weighted by Gasteiger charge is -2.30. The monoisotopic (exact) mass is 313 g/mol. The first-order chi connectivity index (χ1) is 8.62. The molecule has 0 aromatic carbocycles. The molecule has 7 nitrogen and oxygen atoms in total. The Morgan fingerprint density at radius 3 is 2.21 bits per heavy atom. The van der Waals surface area contributed by atoms with E-state index in [9.17, 15) is 21.6 Å². The van der Waals surface area contributed by atoms with Gasteiger partial charge in [0, 0.05) is 7.05 Å². The van der Waals surface area contributed by atoms with Crippen LogP contribution in [0.3, 0.4) is 0 Å². The van der Waals surface area contributed by atoms with Crippen LogP contribution in [0.15, 0.2) is 0 Å². The molecule has 0 aromatic heterocycles. The summed E-state index contributed by atoms with van der Waals surface area (Å²) in [6.45, 7) is 1.59. The predicted octanol–water partition coefficient (Wildman–Crippen LogP) is -0.312. The Morgan fingerprint density at radius 2 is 1.84 bits per heavy atom. The van der Waals surface area contributed by atoms with Crippen molar-refractivity contribution in [1.82, 2.24) is 4.31 Å². The van der Waals surface area contributed by atoms with Crippen molar-refractivity contribution in [3.63, 3.8) is 0 Å². The quantitative estimate of drug-likeness (QED) is 0.745. The van der Waals surface area contributed by atoms with Gasteiger partial charge in [-0.05, 0) is 19.3 Å². The SMILES string of the molecule is CCC(C(=O)O)N(C)S(=O)(=O)C1CCS(=O)(=O)CC1. The van der Waals surface area contributed by atoms with Crippen LogP contribution in [0.5, 0.6) is 0 Å². The largest absolute Gasteiger partial charge is 0.480 e. The van der Waals surface area contributed by atoms with Crippen molar-refractivity contribution in [2.24, 2.45) is 0 Å². The first-order valence-electron chi connectivity index (χ1n) is 6.02. The van der Waals surface area contributed by atoms with Gasteiger partial charge in [0.1, 0.15) is 15.9 Å². The van der Waals surface area contributed by atoms with Crippen LogP contribution < -0.4 is 0 Å². The average Bonchev–Trinajstić information content (AvgIpc) is 2.28. The van der Waals surface area contributed by atoms with Crippen molar-refractivity contribution in [2.45, 2.75) is 37.5 Å². The third-order valence-corrected chi connectivity index (χ3v) is 7.52. The van der Waals surface area contributed by atoms with Crippen LogP contribution in [0.4, 0.5) is 0 Å². The highest BCUT2D eigenvalue weighted by molar-refractivity contribution is 7.92. The molecule has 0 aliphatic carbocycles. The highest BCUT2D eigenvalue weighted by atomic mass is 32.2. The number of likely N-dealkylation sites (N-methyl/N-ethyl adjacent to an activating group) is 1. The molecule has 1 N–H and O–H groups in total. The zero-order valence-electron chi connectivity index (χ0n) is 10.9. The number of hydrogen-bond donors (Lipinski definition) is 1. The van der Waals surface area contributed by atoms with E-state index in [0.717, 1.165) is 4.31 Å². The van der Waals surface area contributed by atoms with E-state index >= 15 is 0 Å². The van der Waals surface area contributed by atoms with Gasteiger partial charge in [-0.15, -0.1) is 0 Å². The molecule has 0 amide bonds. The standard InChI is InChI=1S/C10H19NO6S2/c1-3-9(10(12)13)11(2)19(16,17)8-4-6-18(14,15)7-5-8/h8-9H,3-7H2,1-2H3,(H,12,13). The Hall–Kier alpha value is -0.670. The normalized spacial score (nSPS) is 22.3. The molecular weight excluding hydrogens is 294 g/mol. The van der Waals surface area contributed by atoms with Crippen LogP contribution in [-0.2, 0) is 24.7 Å². The Labute approximate surface area is 113 Å². The van der Waals surface area contributed by atoms with Gasteiger partial charge in [0.15, 0.2) is 0 Å². The fourth-order valence-corrected chi connectivity index (χ4v) is 5.85. The smallest absolute Gasteiger partial charge is 0.321 e. The summed E-state index contributed by atoms with van der Waals surface area (Å²) < 4.78 is 48.0. The van der Waals surface area contributed by atoms with Crippen LogP contribution in [0.1, 0.15) is 26.2 Å². The molecule has 1 atom stereocenters. The molecule has 1 heterocycles. The van der Waals surface area contributed by atoms with Gasteiger partial charge in [-0.3, -0.25) is 4.79 Å². The van der Waals surface area contributed by atoms with Crippen LogP contribution in [0.25, 0.3) is 0 Å². The van der Waals surface area contributed by atoms with E-state index in [1.54, 1.807) is 6.92 Å². The van der Waals surface area contributed by atoms with Gasteiger partial charge in [0.05, 0.1) is 16.8 Å². The van der Waals surface area contributed by atoms with E-state index in [0.29, 0.717) is 0 Å². The second kappa shape index (κ2) is 5.76. The third-order valence-electron chi connectivity index (χ3n) is 3.43. The molecule has 0 aromatic rings. The summed E-state index contributed by atoms with van der Waals surface area (Å²) in [6.07, 6.45) is 0.228. The number of hydrogen-bond acceptors (Lipinski definition) is 5. The number of carbonyl (C=O) groups is 1. The molecule has 0 spiro atoms. The van der Waals surface area contributed by atoms with E-state index in [-0.39, 0.29) is 30.8 Å². The molecule has 19 heavy (non-hydrogen) atoms. The van der Waals surface area contributed by atoms with Crippen molar-refractivity contribution in [2.75, 3.05) is 18.6 Å². The van der Waals surface area contributed by atoms with Gasteiger partial charge in [-0.2, -0.15) is 4.31 Å². The first-order valence-corrected chi connectivity index (χ1v) is 9.34. The number of sulfone groups is 1. The molecule has 0 saturated carbocycles. The van der Waals surface area contributed by atoms with Crippen molar-refractivity contribution in [1.29, 1.82) is 0 Å². The summed E-state index contributed by atoms with van der Waals surface area (Å²) in [5.41, 5.74) is 0. The maximum absolute atomic E-state index is 12.3. The van der Waals surface area contributed by atoms with Crippen LogP contribution in [-0.4, -0.2) is 62.1 Å². The lowest BCUT2D eigenvalue weighted by atomic mass is 10.2. The summed E-state index contributed by atoms with van der Waals surface area (Å²) in [6, 6.07) is -1.11. The third kappa shape index (κ3) is 3.67. The minimum Gasteiger partial charge on any atom is -0.480 e. The Balaban J connectivity index is 2.90. The van der Waals surface area contributed by atoms with E-state index in [1.807, 2.05) is 0 Å².